The van der Waals surface area contributed by atoms with Gasteiger partial charge in [-0.1, -0.05) is 29.8 Å². The third-order valence-electron chi connectivity index (χ3n) is 4.94. The third-order valence-corrected chi connectivity index (χ3v) is 4.94. The highest BCUT2D eigenvalue weighted by atomic mass is 19.1. The number of nitrogens with zero attached hydrogens (tertiary/aromatic N) is 1. The monoisotopic (exact) mass is 383 g/mol. The minimum atomic E-state index is -1.35. The highest BCUT2D eigenvalue weighted by molar-refractivity contribution is 6.10. The van der Waals surface area contributed by atoms with Crippen molar-refractivity contribution in [2.75, 3.05) is 11.9 Å². The Balaban J connectivity index is 1.78. The molecule has 4 amide bonds. The molecule has 1 aliphatic heterocycles. The van der Waals surface area contributed by atoms with Crippen LogP contribution in [0.4, 0.5) is 14.9 Å². The molecule has 28 heavy (non-hydrogen) atoms. The van der Waals surface area contributed by atoms with Gasteiger partial charge < -0.3 is 10.6 Å². The van der Waals surface area contributed by atoms with Crippen LogP contribution in [-0.4, -0.2) is 29.3 Å². The Kier molecular flexibility index (Phi) is 4.93. The molecule has 0 radical (unpaired) electrons. The molecular weight excluding hydrogens is 361 g/mol. The van der Waals surface area contributed by atoms with Crippen LogP contribution in [0, 0.1) is 26.6 Å². The summed E-state index contributed by atoms with van der Waals surface area (Å²) in [5.41, 5.74) is 2.65. The second-order valence-electron chi connectivity index (χ2n) is 7.28. The standard InChI is InChI=1S/C21H22FN3O3/c1-12-9-13(2)18(14(3)10-12)23-17(26)11-25-19(27)21(4,24-20(25)28)15-5-7-16(22)8-6-15/h5-10H,11H2,1-4H3,(H,23,26)(H,24,28). The number of hydrogen-bond donors (Lipinski definition) is 2. The van der Waals surface area contributed by atoms with Crippen LogP contribution in [0.3, 0.4) is 0 Å². The number of carbonyl (C=O) groups is 3. The van der Waals surface area contributed by atoms with Crippen molar-refractivity contribution in [3.05, 3.63) is 64.5 Å². The van der Waals surface area contributed by atoms with E-state index in [9.17, 15) is 18.8 Å². The van der Waals surface area contributed by atoms with Gasteiger partial charge in [-0.15, -0.1) is 0 Å². The van der Waals surface area contributed by atoms with Crippen molar-refractivity contribution in [3.63, 3.8) is 0 Å². The Labute approximate surface area is 162 Å². The van der Waals surface area contributed by atoms with E-state index >= 15 is 0 Å². The highest BCUT2D eigenvalue weighted by Crippen LogP contribution is 2.29. The molecule has 1 saturated heterocycles. The van der Waals surface area contributed by atoms with Gasteiger partial charge in [0.15, 0.2) is 0 Å². The Morgan fingerprint density at radius 3 is 2.25 bits per heavy atom. The summed E-state index contributed by atoms with van der Waals surface area (Å²) in [5, 5.41) is 5.39. The largest absolute Gasteiger partial charge is 0.325 e. The third kappa shape index (κ3) is 3.47. The Hall–Kier alpha value is -3.22. The Morgan fingerprint density at radius 1 is 1.11 bits per heavy atom. The lowest BCUT2D eigenvalue weighted by molar-refractivity contribution is -0.133. The molecular formula is C21H22FN3O3. The zero-order chi connectivity index (χ0) is 20.6. The van der Waals surface area contributed by atoms with Crippen molar-refractivity contribution in [1.82, 2.24) is 10.2 Å². The average Bonchev–Trinajstić information content (AvgIpc) is 2.83. The molecule has 0 spiro atoms. The molecule has 2 N–H and O–H groups in total. The zero-order valence-electron chi connectivity index (χ0n) is 16.2. The topological polar surface area (TPSA) is 78.5 Å². The maximum atomic E-state index is 13.2. The fourth-order valence-corrected chi connectivity index (χ4v) is 3.52. The lowest BCUT2D eigenvalue weighted by Gasteiger charge is -2.22. The number of carbonyl (C=O) groups excluding carboxylic acids is 3. The molecule has 2 aromatic rings. The molecule has 0 saturated carbocycles. The van der Waals surface area contributed by atoms with Crippen LogP contribution in [0.5, 0.6) is 0 Å². The van der Waals surface area contributed by atoms with E-state index in [-0.39, 0.29) is 0 Å². The fraction of sp³-hybridized carbons (Fsp3) is 0.286. The number of nitrogens with one attached hydrogen (secondary N) is 2. The molecule has 146 valence electrons. The summed E-state index contributed by atoms with van der Waals surface area (Å²) < 4.78 is 13.2. The molecule has 0 aliphatic carbocycles. The van der Waals surface area contributed by atoms with Crippen molar-refractivity contribution in [2.24, 2.45) is 0 Å². The van der Waals surface area contributed by atoms with E-state index in [4.69, 9.17) is 0 Å². The first-order chi connectivity index (χ1) is 13.1. The van der Waals surface area contributed by atoms with Crippen LogP contribution in [0.1, 0.15) is 29.2 Å². The molecule has 1 atom stereocenters. The van der Waals surface area contributed by atoms with Crippen molar-refractivity contribution < 1.29 is 18.8 Å². The number of hydrogen-bond acceptors (Lipinski definition) is 3. The highest BCUT2D eigenvalue weighted by Gasteiger charge is 2.49. The van der Waals surface area contributed by atoms with Crippen molar-refractivity contribution >= 4 is 23.5 Å². The van der Waals surface area contributed by atoms with E-state index in [0.717, 1.165) is 21.6 Å². The smallest absolute Gasteiger partial charge is 0.324 e. The summed E-state index contributed by atoms with van der Waals surface area (Å²) in [6.07, 6.45) is 0. The van der Waals surface area contributed by atoms with Gasteiger partial charge in [0.1, 0.15) is 17.9 Å². The zero-order valence-corrected chi connectivity index (χ0v) is 16.2. The maximum absolute atomic E-state index is 13.2. The molecule has 7 heteroatoms. The number of urea groups is 1. The Morgan fingerprint density at radius 2 is 1.68 bits per heavy atom. The quantitative estimate of drug-likeness (QED) is 0.796. The molecule has 0 bridgehead atoms. The van der Waals surface area contributed by atoms with Crippen LogP contribution in [0.15, 0.2) is 36.4 Å². The lowest BCUT2D eigenvalue weighted by atomic mass is 9.92. The summed E-state index contributed by atoms with van der Waals surface area (Å²) in [4.78, 5) is 38.6. The van der Waals surface area contributed by atoms with Gasteiger partial charge in [-0.05, 0) is 56.5 Å². The second-order valence-corrected chi connectivity index (χ2v) is 7.28. The number of amides is 4. The SMILES string of the molecule is Cc1cc(C)c(NC(=O)CN2C(=O)NC(C)(c3ccc(F)cc3)C2=O)c(C)c1. The van der Waals surface area contributed by atoms with E-state index in [1.54, 1.807) is 0 Å². The minimum absolute atomic E-state index is 0.409. The van der Waals surface area contributed by atoms with Gasteiger partial charge in [0.25, 0.3) is 5.91 Å². The van der Waals surface area contributed by atoms with Gasteiger partial charge in [-0.2, -0.15) is 0 Å². The first-order valence-corrected chi connectivity index (χ1v) is 8.89. The van der Waals surface area contributed by atoms with Gasteiger partial charge in [0.2, 0.25) is 5.91 Å². The maximum Gasteiger partial charge on any atom is 0.325 e. The van der Waals surface area contributed by atoms with E-state index in [2.05, 4.69) is 10.6 Å². The van der Waals surface area contributed by atoms with Crippen molar-refractivity contribution in [2.45, 2.75) is 33.2 Å². The Bertz CT molecular complexity index is 948. The molecule has 0 aromatic heterocycles. The van der Waals surface area contributed by atoms with E-state index in [1.165, 1.54) is 31.2 Å². The van der Waals surface area contributed by atoms with Gasteiger partial charge >= 0.3 is 6.03 Å². The summed E-state index contributed by atoms with van der Waals surface area (Å²) in [6.45, 7) is 6.86. The van der Waals surface area contributed by atoms with Gasteiger partial charge in [0.05, 0.1) is 0 Å². The summed E-state index contributed by atoms with van der Waals surface area (Å²) in [5.74, 6) is -1.47. The summed E-state index contributed by atoms with van der Waals surface area (Å²) >= 11 is 0. The van der Waals surface area contributed by atoms with E-state index in [0.29, 0.717) is 11.3 Å². The first kappa shape index (κ1) is 19.5. The molecule has 1 aliphatic rings. The molecule has 3 rings (SSSR count). The summed E-state index contributed by atoms with van der Waals surface area (Å²) in [6, 6.07) is 8.55. The van der Waals surface area contributed by atoms with Crippen LogP contribution in [0.25, 0.3) is 0 Å². The number of imide groups is 1. The number of halogens is 1. The van der Waals surface area contributed by atoms with Gasteiger partial charge in [-0.25, -0.2) is 9.18 Å². The fourth-order valence-electron chi connectivity index (χ4n) is 3.52. The van der Waals surface area contributed by atoms with Gasteiger partial charge in [-0.3, -0.25) is 14.5 Å². The minimum Gasteiger partial charge on any atom is -0.324 e. The summed E-state index contributed by atoms with van der Waals surface area (Å²) in [7, 11) is 0. The molecule has 1 fully saturated rings. The van der Waals surface area contributed by atoms with E-state index < -0.39 is 35.7 Å². The van der Waals surface area contributed by atoms with Gasteiger partial charge in [0, 0.05) is 5.69 Å². The number of anilines is 1. The predicted molar refractivity (Wildman–Crippen MR) is 103 cm³/mol. The normalized spacial score (nSPS) is 19.0. The number of rotatable bonds is 4. The number of benzene rings is 2. The number of aryl methyl sites for hydroxylation is 3. The van der Waals surface area contributed by atoms with Crippen LogP contribution in [0.2, 0.25) is 0 Å². The van der Waals surface area contributed by atoms with Crippen LogP contribution < -0.4 is 10.6 Å². The van der Waals surface area contributed by atoms with Crippen LogP contribution in [-0.2, 0) is 15.1 Å². The average molecular weight is 383 g/mol. The molecule has 1 heterocycles. The van der Waals surface area contributed by atoms with Crippen molar-refractivity contribution in [1.29, 1.82) is 0 Å². The predicted octanol–water partition coefficient (Wildman–Crippen LogP) is 3.16. The van der Waals surface area contributed by atoms with Crippen molar-refractivity contribution in [3.8, 4) is 0 Å². The van der Waals surface area contributed by atoms with E-state index in [1.807, 2.05) is 32.9 Å². The first-order valence-electron chi connectivity index (χ1n) is 8.89. The van der Waals surface area contributed by atoms with Crippen LogP contribution >= 0.6 is 0 Å². The molecule has 6 nitrogen and oxygen atoms in total. The molecule has 2 aromatic carbocycles. The molecule has 1 unspecified atom stereocenters. The lowest BCUT2D eigenvalue weighted by Crippen LogP contribution is -2.42. The second kappa shape index (κ2) is 7.07.